The summed E-state index contributed by atoms with van der Waals surface area (Å²) in [5.41, 5.74) is 2.63. The molecule has 0 saturated carbocycles. The summed E-state index contributed by atoms with van der Waals surface area (Å²) in [4.78, 5) is 32.4. The Balaban J connectivity index is 1.46. The molecule has 0 bridgehead atoms. The predicted molar refractivity (Wildman–Crippen MR) is 138 cm³/mol. The van der Waals surface area contributed by atoms with Crippen molar-refractivity contribution in [3.05, 3.63) is 59.5 Å². The third-order valence-electron chi connectivity index (χ3n) is 7.16. The second-order valence-electron chi connectivity index (χ2n) is 9.73. The summed E-state index contributed by atoms with van der Waals surface area (Å²) in [5, 5.41) is 9.38. The number of rotatable bonds is 5. The van der Waals surface area contributed by atoms with Crippen LogP contribution in [0.4, 0.5) is 22.0 Å². The van der Waals surface area contributed by atoms with Crippen LogP contribution < -0.4 is 14.7 Å². The van der Waals surface area contributed by atoms with Crippen LogP contribution >= 0.6 is 0 Å². The number of halogens is 1. The van der Waals surface area contributed by atoms with Gasteiger partial charge in [-0.1, -0.05) is 6.07 Å². The molecule has 2 saturated heterocycles. The first-order valence-corrected chi connectivity index (χ1v) is 12.4. The molecule has 3 aromatic rings. The number of hydrogen-bond acceptors (Lipinski definition) is 7. The highest BCUT2D eigenvalue weighted by molar-refractivity contribution is 5.86. The SMILES string of the molecule is Cc1ccc(C(=O)O)nc1N1CCN(c2cc(-c3ccc(F)cc3)nc(N3CCCC3C)n2)C(C)C1. The number of pyridine rings is 1. The van der Waals surface area contributed by atoms with Crippen LogP contribution in [0, 0.1) is 12.7 Å². The van der Waals surface area contributed by atoms with Gasteiger partial charge in [-0.2, -0.15) is 4.98 Å². The molecule has 2 atom stereocenters. The molecule has 4 heterocycles. The van der Waals surface area contributed by atoms with Crippen molar-refractivity contribution >= 4 is 23.6 Å². The van der Waals surface area contributed by atoms with Crippen molar-refractivity contribution in [2.45, 2.75) is 45.7 Å². The molecule has 0 amide bonds. The first-order valence-electron chi connectivity index (χ1n) is 12.4. The molecule has 188 valence electrons. The van der Waals surface area contributed by atoms with Gasteiger partial charge in [0.2, 0.25) is 5.95 Å². The summed E-state index contributed by atoms with van der Waals surface area (Å²) < 4.78 is 13.6. The number of nitrogens with zero attached hydrogens (tertiary/aromatic N) is 6. The van der Waals surface area contributed by atoms with E-state index in [2.05, 4.69) is 33.5 Å². The number of aromatic nitrogens is 3. The first-order chi connectivity index (χ1) is 17.3. The smallest absolute Gasteiger partial charge is 0.354 e. The highest BCUT2D eigenvalue weighted by Crippen LogP contribution is 2.31. The predicted octanol–water partition coefficient (Wildman–Crippen LogP) is 4.39. The summed E-state index contributed by atoms with van der Waals surface area (Å²) in [5.74, 6) is 0.957. The zero-order valence-electron chi connectivity index (χ0n) is 20.9. The zero-order valence-corrected chi connectivity index (χ0v) is 20.9. The van der Waals surface area contributed by atoms with Gasteiger partial charge in [-0.05, 0) is 69.5 Å². The van der Waals surface area contributed by atoms with Gasteiger partial charge >= 0.3 is 5.97 Å². The van der Waals surface area contributed by atoms with Gasteiger partial charge in [-0.15, -0.1) is 0 Å². The van der Waals surface area contributed by atoms with E-state index >= 15 is 0 Å². The Morgan fingerprint density at radius 3 is 2.42 bits per heavy atom. The van der Waals surface area contributed by atoms with E-state index in [4.69, 9.17) is 9.97 Å². The van der Waals surface area contributed by atoms with Crippen molar-refractivity contribution in [2.24, 2.45) is 0 Å². The molecule has 0 aliphatic carbocycles. The standard InChI is InChI=1S/C27H31FN6O2/c1-17-6-11-22(26(35)36)29-25(17)32-13-14-33(19(3)16-32)24-15-23(20-7-9-21(28)10-8-20)30-27(31-24)34-12-4-5-18(34)2/h6-11,15,18-19H,4-5,12-14,16H2,1-3H3,(H,35,36). The van der Waals surface area contributed by atoms with Crippen LogP contribution in [0.15, 0.2) is 42.5 Å². The van der Waals surface area contributed by atoms with Crippen LogP contribution in [0.1, 0.15) is 42.7 Å². The summed E-state index contributed by atoms with van der Waals surface area (Å²) in [7, 11) is 0. The number of piperazine rings is 1. The fourth-order valence-corrected chi connectivity index (χ4v) is 5.14. The maximum atomic E-state index is 13.6. The summed E-state index contributed by atoms with van der Waals surface area (Å²) in [6.07, 6.45) is 2.22. The van der Waals surface area contributed by atoms with Crippen LogP contribution in [0.5, 0.6) is 0 Å². The molecule has 0 spiro atoms. The van der Waals surface area contributed by atoms with Crippen LogP contribution in [0.3, 0.4) is 0 Å². The third kappa shape index (κ3) is 4.69. The molecule has 1 aromatic carbocycles. The minimum atomic E-state index is -1.03. The molecular formula is C27H31FN6O2. The molecule has 36 heavy (non-hydrogen) atoms. The molecule has 8 nitrogen and oxygen atoms in total. The average Bonchev–Trinajstić information content (AvgIpc) is 3.30. The number of anilines is 3. The summed E-state index contributed by atoms with van der Waals surface area (Å²) in [6.45, 7) is 9.28. The molecule has 2 aromatic heterocycles. The Morgan fingerprint density at radius 2 is 1.75 bits per heavy atom. The van der Waals surface area contributed by atoms with Crippen LogP contribution in [0.25, 0.3) is 11.3 Å². The topological polar surface area (TPSA) is 85.7 Å². The Labute approximate surface area is 210 Å². The highest BCUT2D eigenvalue weighted by atomic mass is 19.1. The number of carbonyl (C=O) groups is 1. The van der Waals surface area contributed by atoms with Crippen molar-refractivity contribution in [2.75, 3.05) is 40.9 Å². The largest absolute Gasteiger partial charge is 0.477 e. The molecule has 2 unspecified atom stereocenters. The molecule has 5 rings (SSSR count). The van der Waals surface area contributed by atoms with Gasteiger partial charge in [-0.3, -0.25) is 0 Å². The lowest BCUT2D eigenvalue weighted by Crippen LogP contribution is -2.53. The lowest BCUT2D eigenvalue weighted by Gasteiger charge is -2.41. The van der Waals surface area contributed by atoms with Crippen molar-refractivity contribution < 1.29 is 14.3 Å². The van der Waals surface area contributed by atoms with E-state index in [0.717, 1.165) is 42.0 Å². The van der Waals surface area contributed by atoms with E-state index in [1.165, 1.54) is 12.1 Å². The Morgan fingerprint density at radius 1 is 0.972 bits per heavy atom. The highest BCUT2D eigenvalue weighted by Gasteiger charge is 2.29. The Kier molecular flexibility index (Phi) is 6.47. The van der Waals surface area contributed by atoms with Gasteiger partial charge in [0.25, 0.3) is 0 Å². The van der Waals surface area contributed by atoms with Crippen LogP contribution in [-0.4, -0.2) is 64.3 Å². The first kappa shape index (κ1) is 24.0. The summed E-state index contributed by atoms with van der Waals surface area (Å²) in [6, 6.07) is 12.2. The maximum Gasteiger partial charge on any atom is 0.354 e. The normalized spacial score (nSPS) is 20.2. The summed E-state index contributed by atoms with van der Waals surface area (Å²) >= 11 is 0. The minimum absolute atomic E-state index is 0.0507. The number of carboxylic acid groups (broad SMARTS) is 1. The molecule has 2 aliphatic heterocycles. The van der Waals surface area contributed by atoms with E-state index in [9.17, 15) is 14.3 Å². The van der Waals surface area contributed by atoms with Crippen molar-refractivity contribution in [1.82, 2.24) is 15.0 Å². The quantitative estimate of drug-likeness (QED) is 0.564. The van der Waals surface area contributed by atoms with Gasteiger partial charge in [-0.25, -0.2) is 19.2 Å². The van der Waals surface area contributed by atoms with E-state index < -0.39 is 5.97 Å². The fraction of sp³-hybridized carbons (Fsp3) is 0.407. The zero-order chi connectivity index (χ0) is 25.4. The molecule has 2 fully saturated rings. The Hall–Kier alpha value is -3.75. The lowest BCUT2D eigenvalue weighted by atomic mass is 10.1. The van der Waals surface area contributed by atoms with E-state index in [1.807, 2.05) is 19.1 Å². The average molecular weight is 491 g/mol. The second kappa shape index (κ2) is 9.72. The van der Waals surface area contributed by atoms with Gasteiger partial charge in [0.1, 0.15) is 17.5 Å². The Bertz CT molecular complexity index is 1270. The van der Waals surface area contributed by atoms with Crippen molar-refractivity contribution in [3.8, 4) is 11.3 Å². The molecule has 9 heteroatoms. The minimum Gasteiger partial charge on any atom is -0.477 e. The monoisotopic (exact) mass is 490 g/mol. The fourth-order valence-electron chi connectivity index (χ4n) is 5.14. The van der Waals surface area contributed by atoms with Crippen LogP contribution in [0.2, 0.25) is 0 Å². The molecular weight excluding hydrogens is 459 g/mol. The van der Waals surface area contributed by atoms with Crippen molar-refractivity contribution in [3.63, 3.8) is 0 Å². The number of aryl methyl sites for hydroxylation is 1. The second-order valence-corrected chi connectivity index (χ2v) is 9.73. The van der Waals surface area contributed by atoms with E-state index in [0.29, 0.717) is 37.4 Å². The van der Waals surface area contributed by atoms with E-state index in [1.54, 1.807) is 18.2 Å². The van der Waals surface area contributed by atoms with Gasteiger partial charge in [0.05, 0.1) is 5.69 Å². The van der Waals surface area contributed by atoms with Crippen LogP contribution in [-0.2, 0) is 0 Å². The number of benzene rings is 1. The number of carboxylic acids is 1. The molecule has 0 radical (unpaired) electrons. The molecule has 1 N–H and O–H groups in total. The lowest BCUT2D eigenvalue weighted by molar-refractivity contribution is 0.0690. The third-order valence-corrected chi connectivity index (χ3v) is 7.16. The van der Waals surface area contributed by atoms with Gasteiger partial charge in [0.15, 0.2) is 5.69 Å². The van der Waals surface area contributed by atoms with Gasteiger partial charge < -0.3 is 19.8 Å². The number of hydrogen-bond donors (Lipinski definition) is 1. The van der Waals surface area contributed by atoms with Crippen molar-refractivity contribution in [1.29, 1.82) is 0 Å². The molecule has 2 aliphatic rings. The van der Waals surface area contributed by atoms with E-state index in [-0.39, 0.29) is 17.6 Å². The van der Waals surface area contributed by atoms with Gasteiger partial charge in [0, 0.05) is 49.9 Å². The maximum absolute atomic E-state index is 13.6. The number of aromatic carboxylic acids is 1.